The lowest BCUT2D eigenvalue weighted by atomic mass is 9.47. The summed E-state index contributed by atoms with van der Waals surface area (Å²) in [5, 5.41) is 0. The van der Waals surface area contributed by atoms with Crippen molar-refractivity contribution in [3.05, 3.63) is 0 Å². The fourth-order valence-corrected chi connectivity index (χ4v) is 7.05. The molecule has 0 unspecified atom stereocenters. The van der Waals surface area contributed by atoms with Gasteiger partial charge in [0.15, 0.2) is 0 Å². The molecule has 0 radical (unpaired) electrons. The molecule has 2 saturated heterocycles. The Morgan fingerprint density at radius 1 is 1.00 bits per heavy atom. The maximum Gasteiger partial charge on any atom is 0.302 e. The van der Waals surface area contributed by atoms with Crippen LogP contribution < -0.4 is 0 Å². The predicted molar refractivity (Wildman–Crippen MR) is 92.7 cm³/mol. The summed E-state index contributed by atoms with van der Waals surface area (Å²) in [6, 6.07) is 0. The molecule has 4 rings (SSSR count). The van der Waals surface area contributed by atoms with Gasteiger partial charge in [0.1, 0.15) is 12.2 Å². The quantitative estimate of drug-likeness (QED) is 0.718. The highest BCUT2D eigenvalue weighted by atomic mass is 16.5. The van der Waals surface area contributed by atoms with Gasteiger partial charge in [0.2, 0.25) is 0 Å². The van der Waals surface area contributed by atoms with Crippen molar-refractivity contribution >= 4 is 11.9 Å². The molecule has 4 fully saturated rings. The summed E-state index contributed by atoms with van der Waals surface area (Å²) in [6.07, 6.45) is 6.66. The Bertz CT molecular complexity index is 562. The molecular weight excluding hydrogens is 318 g/mol. The highest BCUT2D eigenvalue weighted by Gasteiger charge is 2.65. The first kappa shape index (κ1) is 17.3. The van der Waals surface area contributed by atoms with E-state index in [2.05, 4.69) is 11.8 Å². The summed E-state index contributed by atoms with van der Waals surface area (Å²) in [7, 11) is 0. The third kappa shape index (κ3) is 2.61. The second kappa shape index (κ2) is 6.26. The van der Waals surface area contributed by atoms with Crippen molar-refractivity contribution in [3.63, 3.8) is 0 Å². The third-order valence-corrected chi connectivity index (χ3v) is 7.48. The zero-order valence-corrected chi connectivity index (χ0v) is 15.7. The molecule has 2 aliphatic carbocycles. The van der Waals surface area contributed by atoms with Crippen LogP contribution in [0.4, 0.5) is 0 Å². The molecule has 4 aliphatic rings. The molecular formula is C20H31NO4. The predicted octanol–water partition coefficient (Wildman–Crippen LogP) is 2.77. The summed E-state index contributed by atoms with van der Waals surface area (Å²) in [4.78, 5) is 26.2. The molecule has 0 aromatic rings. The number of nitrogens with zero attached hydrogens (tertiary/aromatic N) is 1. The van der Waals surface area contributed by atoms with Gasteiger partial charge < -0.3 is 9.47 Å². The van der Waals surface area contributed by atoms with Crippen molar-refractivity contribution in [2.45, 2.75) is 77.0 Å². The molecule has 25 heavy (non-hydrogen) atoms. The van der Waals surface area contributed by atoms with Crippen LogP contribution in [0.15, 0.2) is 0 Å². The average Bonchev–Trinajstić information content (AvgIpc) is 2.53. The van der Waals surface area contributed by atoms with E-state index in [0.717, 1.165) is 32.4 Å². The lowest BCUT2D eigenvalue weighted by Gasteiger charge is -2.68. The number of hydrogen-bond acceptors (Lipinski definition) is 5. The number of rotatable bonds is 2. The van der Waals surface area contributed by atoms with E-state index >= 15 is 0 Å². The molecule has 1 spiro atoms. The topological polar surface area (TPSA) is 55.8 Å². The third-order valence-electron chi connectivity index (χ3n) is 7.48. The average molecular weight is 349 g/mol. The van der Waals surface area contributed by atoms with E-state index < -0.39 is 0 Å². The second-order valence-electron chi connectivity index (χ2n) is 8.78. The molecule has 5 nitrogen and oxygen atoms in total. The Kier molecular flexibility index (Phi) is 4.33. The molecule has 2 saturated carbocycles. The normalized spacial score (nSPS) is 46.0. The lowest BCUT2D eigenvalue weighted by Crippen LogP contribution is -2.74. The van der Waals surface area contributed by atoms with Gasteiger partial charge in [0.05, 0.1) is 0 Å². The molecule has 2 heterocycles. The minimum absolute atomic E-state index is 0.0230. The molecule has 140 valence electrons. The summed E-state index contributed by atoms with van der Waals surface area (Å²) in [5.74, 6) is 1.32. The Morgan fingerprint density at radius 2 is 1.64 bits per heavy atom. The van der Waals surface area contributed by atoms with Gasteiger partial charge in [0, 0.05) is 31.2 Å². The minimum atomic E-state index is -0.185. The summed E-state index contributed by atoms with van der Waals surface area (Å²) >= 11 is 0. The van der Waals surface area contributed by atoms with Crippen LogP contribution in [-0.4, -0.2) is 47.7 Å². The highest BCUT2D eigenvalue weighted by molar-refractivity contribution is 5.66. The van der Waals surface area contributed by atoms with Crippen molar-refractivity contribution in [2.24, 2.45) is 23.7 Å². The van der Waals surface area contributed by atoms with Gasteiger partial charge in [-0.25, -0.2) is 0 Å². The first-order valence-electron chi connectivity index (χ1n) is 10.0. The number of piperidine rings is 2. The lowest BCUT2D eigenvalue weighted by molar-refractivity contribution is -0.235. The molecule has 7 atom stereocenters. The van der Waals surface area contributed by atoms with Gasteiger partial charge in [0.25, 0.3) is 0 Å². The Morgan fingerprint density at radius 3 is 2.28 bits per heavy atom. The van der Waals surface area contributed by atoms with Crippen molar-refractivity contribution < 1.29 is 19.1 Å². The molecule has 0 aromatic carbocycles. The summed E-state index contributed by atoms with van der Waals surface area (Å²) < 4.78 is 11.7. The fourth-order valence-electron chi connectivity index (χ4n) is 7.05. The molecule has 2 aliphatic heterocycles. The summed E-state index contributed by atoms with van der Waals surface area (Å²) in [6.45, 7) is 7.61. The van der Waals surface area contributed by atoms with E-state index in [-0.39, 0.29) is 29.7 Å². The maximum absolute atomic E-state index is 11.8. The molecule has 2 bridgehead atoms. The Labute approximate surface area is 150 Å². The van der Waals surface area contributed by atoms with Crippen LogP contribution >= 0.6 is 0 Å². The van der Waals surface area contributed by atoms with Gasteiger partial charge in [-0.1, -0.05) is 6.92 Å². The van der Waals surface area contributed by atoms with Crippen LogP contribution in [0.1, 0.15) is 59.3 Å². The fraction of sp³-hybridized carbons (Fsp3) is 0.900. The van der Waals surface area contributed by atoms with E-state index in [1.807, 2.05) is 0 Å². The Hall–Kier alpha value is -1.10. The minimum Gasteiger partial charge on any atom is -0.462 e. The van der Waals surface area contributed by atoms with Crippen LogP contribution in [0.2, 0.25) is 0 Å². The number of carbonyl (C=O) groups excluding carboxylic acids is 2. The van der Waals surface area contributed by atoms with E-state index in [9.17, 15) is 9.59 Å². The zero-order valence-electron chi connectivity index (χ0n) is 15.7. The monoisotopic (exact) mass is 349 g/mol. The van der Waals surface area contributed by atoms with Gasteiger partial charge >= 0.3 is 11.9 Å². The molecule has 0 aromatic heterocycles. The van der Waals surface area contributed by atoms with E-state index in [4.69, 9.17) is 9.47 Å². The summed E-state index contributed by atoms with van der Waals surface area (Å²) in [5.41, 5.74) is 0.148. The van der Waals surface area contributed by atoms with Crippen molar-refractivity contribution in [1.29, 1.82) is 0 Å². The van der Waals surface area contributed by atoms with Crippen LogP contribution in [0, 0.1) is 23.7 Å². The van der Waals surface area contributed by atoms with Crippen molar-refractivity contribution in [3.8, 4) is 0 Å². The number of hydrogen-bond donors (Lipinski definition) is 0. The van der Waals surface area contributed by atoms with Gasteiger partial charge in [-0.3, -0.25) is 14.5 Å². The maximum atomic E-state index is 11.8. The zero-order chi connectivity index (χ0) is 17.8. The standard InChI is InChI=1S/C20H31NO4/c1-12-11-20-16-6-4-8-21(20)9-5-7-17(20)18(24-13(2)22)10-15(16)19(12)25-14(3)23/h12,15-19H,4-11H2,1-3H3/t12-,15-,16+,17+,18+,19-,20+/m0/s1. The molecule has 5 heteroatoms. The van der Waals surface area contributed by atoms with Gasteiger partial charge in [-0.15, -0.1) is 0 Å². The van der Waals surface area contributed by atoms with E-state index in [1.165, 1.54) is 33.1 Å². The van der Waals surface area contributed by atoms with Gasteiger partial charge in [-0.2, -0.15) is 0 Å². The molecule has 0 N–H and O–H groups in total. The van der Waals surface area contributed by atoms with Crippen LogP contribution in [0.25, 0.3) is 0 Å². The first-order chi connectivity index (χ1) is 11.9. The molecule has 0 amide bonds. The number of esters is 2. The SMILES string of the molecule is CC(=O)O[C@@H]1[C@H]2C[C@@H](OC(C)=O)[C@H]3CCCN4CCC[C@H]2[C@]34C[C@@H]1C. The largest absolute Gasteiger partial charge is 0.462 e. The van der Waals surface area contributed by atoms with Crippen molar-refractivity contribution in [1.82, 2.24) is 4.90 Å². The Balaban J connectivity index is 1.74. The van der Waals surface area contributed by atoms with Gasteiger partial charge in [-0.05, 0) is 63.5 Å². The smallest absolute Gasteiger partial charge is 0.302 e. The number of ether oxygens (including phenoxy) is 2. The van der Waals surface area contributed by atoms with Crippen LogP contribution in [0.3, 0.4) is 0 Å². The van der Waals surface area contributed by atoms with Crippen molar-refractivity contribution in [2.75, 3.05) is 13.1 Å². The highest BCUT2D eigenvalue weighted by Crippen LogP contribution is 2.61. The van der Waals surface area contributed by atoms with E-state index in [0.29, 0.717) is 23.7 Å². The van der Waals surface area contributed by atoms with E-state index in [1.54, 1.807) is 0 Å². The van der Waals surface area contributed by atoms with Crippen LogP contribution in [-0.2, 0) is 19.1 Å². The number of carbonyl (C=O) groups is 2. The first-order valence-corrected chi connectivity index (χ1v) is 10.0. The second-order valence-corrected chi connectivity index (χ2v) is 8.78. The van der Waals surface area contributed by atoms with Crippen LogP contribution in [0.5, 0.6) is 0 Å².